The standard InChI is InChI=1S/C60H30N6O24/c67-55(31-1-13-37(14-2-31)61(73)74)85-49-25-43-44(26-50(49)86-56(68)32-3-15-38(16-4-32)62(75)76)46-28-52(88-58(70)34-7-19-40(20-8-34)64(79)80)54(90-60(72)36-11-23-42(24-12-36)66(83)84)30-48(46)47-29-53(89-59(71)35-9-21-41(22-10-35)65(81)82)51(27-45(43)47)87-57(69)33-5-17-39(18-6-33)63(77)78/h1-30H. The molecule has 10 aromatic carbocycles. The number of benzene rings is 10. The van der Waals surface area contributed by atoms with E-state index in [0.29, 0.717) is 0 Å². The lowest BCUT2D eigenvalue weighted by molar-refractivity contribution is -0.385. The number of fused-ring (bicyclic) bond motifs is 6. The van der Waals surface area contributed by atoms with Gasteiger partial charge in [0, 0.05) is 72.8 Å². The summed E-state index contributed by atoms with van der Waals surface area (Å²) in [6.07, 6.45) is 0. The third-order valence-electron chi connectivity index (χ3n) is 13.2. The minimum atomic E-state index is -1.21. The predicted molar refractivity (Wildman–Crippen MR) is 307 cm³/mol. The largest absolute Gasteiger partial charge is 0.419 e. The second kappa shape index (κ2) is 24.4. The molecule has 0 fully saturated rings. The number of hydrogen-bond donors (Lipinski definition) is 0. The van der Waals surface area contributed by atoms with Crippen molar-refractivity contribution in [3.63, 3.8) is 0 Å². The number of hydrogen-bond acceptors (Lipinski definition) is 24. The molecule has 10 aromatic rings. The second-order valence-corrected chi connectivity index (χ2v) is 18.7. The van der Waals surface area contributed by atoms with Crippen molar-refractivity contribution in [1.29, 1.82) is 0 Å². The zero-order valence-corrected chi connectivity index (χ0v) is 44.8. The van der Waals surface area contributed by atoms with Crippen molar-refractivity contribution < 1.29 is 86.7 Å². The number of nitro groups is 6. The first-order chi connectivity index (χ1) is 43.0. The van der Waals surface area contributed by atoms with E-state index < -0.39 is 134 Å². The summed E-state index contributed by atoms with van der Waals surface area (Å²) in [5, 5.41) is 68.7. The van der Waals surface area contributed by atoms with Gasteiger partial charge in [-0.15, -0.1) is 0 Å². The SMILES string of the molecule is O=C(Oc1cc2c3cc(OC(=O)c4ccc([N+](=O)[O-])cc4)c(OC(=O)c4ccc([N+](=O)[O-])cc4)cc3c3cc(OC(=O)c4ccc([N+](=O)[O-])cc4)c(OC(=O)c4ccc([N+](=O)[O-])cc4)cc3c2cc1OC(=O)c1ccc([N+](=O)[O-])cc1)c1ccc([N+](=O)[O-])cc1. The molecule has 10 rings (SSSR count). The summed E-state index contributed by atoms with van der Waals surface area (Å²) >= 11 is 0. The van der Waals surface area contributed by atoms with Crippen LogP contribution in [0, 0.1) is 60.7 Å². The number of carbonyl (C=O) groups is 6. The van der Waals surface area contributed by atoms with Gasteiger partial charge < -0.3 is 28.4 Å². The van der Waals surface area contributed by atoms with Crippen LogP contribution in [0.15, 0.2) is 182 Å². The molecule has 30 nitrogen and oxygen atoms in total. The van der Waals surface area contributed by atoms with Gasteiger partial charge in [0.2, 0.25) is 0 Å². The molecule has 0 saturated carbocycles. The van der Waals surface area contributed by atoms with E-state index >= 15 is 0 Å². The molecule has 0 aromatic heterocycles. The first-order valence-electron chi connectivity index (χ1n) is 25.3. The Morgan fingerprint density at radius 3 is 0.422 bits per heavy atom. The smallest absolute Gasteiger partial charge is 0.343 e. The maximum atomic E-state index is 14.1. The highest BCUT2D eigenvalue weighted by atomic mass is 16.7. The minimum Gasteiger partial charge on any atom is -0.419 e. The van der Waals surface area contributed by atoms with E-state index in [2.05, 4.69) is 0 Å². The van der Waals surface area contributed by atoms with Gasteiger partial charge in [-0.1, -0.05) is 0 Å². The molecule has 0 saturated heterocycles. The molecule has 0 spiro atoms. The first-order valence-corrected chi connectivity index (χ1v) is 25.3. The number of rotatable bonds is 18. The Balaban J connectivity index is 1.26. The molecule has 0 heterocycles. The van der Waals surface area contributed by atoms with E-state index in [1.165, 1.54) is 0 Å². The Bertz CT molecular complexity index is 3950. The maximum Gasteiger partial charge on any atom is 0.343 e. The lowest BCUT2D eigenvalue weighted by atomic mass is 9.93. The van der Waals surface area contributed by atoms with Gasteiger partial charge in [0.25, 0.3) is 34.1 Å². The Morgan fingerprint density at radius 2 is 0.322 bits per heavy atom. The van der Waals surface area contributed by atoms with Gasteiger partial charge in [-0.25, -0.2) is 28.8 Å². The molecular formula is C60H30N6O24. The van der Waals surface area contributed by atoms with Gasteiger partial charge in [0.05, 0.1) is 62.9 Å². The fraction of sp³-hybridized carbons (Fsp3) is 0. The summed E-state index contributed by atoms with van der Waals surface area (Å²) in [7, 11) is 0. The Labute approximate surface area is 498 Å². The van der Waals surface area contributed by atoms with Gasteiger partial charge in [0.1, 0.15) is 0 Å². The van der Waals surface area contributed by atoms with Crippen molar-refractivity contribution in [2.45, 2.75) is 0 Å². The Kier molecular flexibility index (Phi) is 16.1. The van der Waals surface area contributed by atoms with Crippen molar-refractivity contribution in [3.05, 3.63) is 276 Å². The van der Waals surface area contributed by atoms with Crippen molar-refractivity contribution in [2.75, 3.05) is 0 Å². The van der Waals surface area contributed by atoms with E-state index in [1.807, 2.05) is 0 Å². The van der Waals surface area contributed by atoms with Gasteiger partial charge in [0.15, 0.2) is 34.5 Å². The molecule has 0 aliphatic heterocycles. The summed E-state index contributed by atoms with van der Waals surface area (Å²) in [6.45, 7) is 0. The zero-order valence-electron chi connectivity index (χ0n) is 44.8. The third-order valence-corrected chi connectivity index (χ3v) is 13.2. The molecule has 0 unspecified atom stereocenters. The molecule has 0 radical (unpaired) electrons. The van der Waals surface area contributed by atoms with E-state index in [4.69, 9.17) is 28.4 Å². The minimum absolute atomic E-state index is 0.0803. The first kappa shape index (κ1) is 59.4. The number of nitro benzene ring substituents is 6. The number of ether oxygens (including phenoxy) is 6. The molecule has 0 bridgehead atoms. The molecule has 0 aliphatic carbocycles. The average molecular weight is 1220 g/mol. The van der Waals surface area contributed by atoms with Gasteiger partial charge in [-0.3, -0.25) is 60.7 Å². The topological polar surface area (TPSA) is 417 Å². The van der Waals surface area contributed by atoms with Crippen LogP contribution in [0.3, 0.4) is 0 Å². The molecule has 0 N–H and O–H groups in total. The normalized spacial score (nSPS) is 10.8. The summed E-state index contributed by atoms with van der Waals surface area (Å²) in [6, 6.07) is 31.1. The van der Waals surface area contributed by atoms with E-state index in [0.717, 1.165) is 182 Å². The third kappa shape index (κ3) is 12.5. The predicted octanol–water partition coefficient (Wildman–Crippen LogP) is 11.9. The zero-order chi connectivity index (χ0) is 64.2. The molecule has 90 heavy (non-hydrogen) atoms. The van der Waals surface area contributed by atoms with E-state index in [1.54, 1.807) is 0 Å². The molecule has 0 amide bonds. The quantitative estimate of drug-likeness (QED) is 0.0253. The Hall–Kier alpha value is -13.8. The summed E-state index contributed by atoms with van der Waals surface area (Å²) in [4.78, 5) is 149. The monoisotopic (exact) mass is 1220 g/mol. The number of carbonyl (C=O) groups excluding carboxylic acids is 6. The van der Waals surface area contributed by atoms with Crippen LogP contribution in [0.1, 0.15) is 62.1 Å². The average Bonchev–Trinajstić information content (AvgIpc) is 0.726. The fourth-order valence-corrected chi connectivity index (χ4v) is 8.76. The van der Waals surface area contributed by atoms with Crippen LogP contribution in [0.2, 0.25) is 0 Å². The van der Waals surface area contributed by atoms with Crippen LogP contribution < -0.4 is 28.4 Å². The highest BCUT2D eigenvalue weighted by Gasteiger charge is 2.28. The summed E-state index contributed by atoms with van der Waals surface area (Å²) in [5.74, 6) is -10.8. The van der Waals surface area contributed by atoms with Crippen LogP contribution in [0.5, 0.6) is 34.5 Å². The molecular weight excluding hydrogens is 1190 g/mol. The lowest BCUT2D eigenvalue weighted by Gasteiger charge is -2.19. The van der Waals surface area contributed by atoms with Crippen molar-refractivity contribution >= 4 is 102 Å². The van der Waals surface area contributed by atoms with E-state index in [9.17, 15) is 89.5 Å². The number of nitrogens with zero attached hydrogens (tertiary/aromatic N) is 6. The lowest BCUT2D eigenvalue weighted by Crippen LogP contribution is -2.14. The van der Waals surface area contributed by atoms with Crippen LogP contribution in [-0.4, -0.2) is 65.4 Å². The second-order valence-electron chi connectivity index (χ2n) is 18.7. The van der Waals surface area contributed by atoms with Crippen LogP contribution in [0.4, 0.5) is 34.1 Å². The highest BCUT2D eigenvalue weighted by Crippen LogP contribution is 2.48. The van der Waals surface area contributed by atoms with Gasteiger partial charge in [-0.05, 0) is 142 Å². The van der Waals surface area contributed by atoms with Crippen LogP contribution >= 0.6 is 0 Å². The molecule has 0 aliphatic rings. The summed E-state index contributed by atoms with van der Waals surface area (Å²) in [5.41, 5.74) is -4.22. The fourth-order valence-electron chi connectivity index (χ4n) is 8.76. The molecule has 30 heteroatoms. The van der Waals surface area contributed by atoms with Crippen molar-refractivity contribution in [2.24, 2.45) is 0 Å². The number of esters is 6. The molecule has 0 atom stereocenters. The van der Waals surface area contributed by atoms with Gasteiger partial charge >= 0.3 is 35.8 Å². The molecule has 444 valence electrons. The van der Waals surface area contributed by atoms with Crippen LogP contribution in [-0.2, 0) is 0 Å². The maximum absolute atomic E-state index is 14.1. The highest BCUT2D eigenvalue weighted by molar-refractivity contribution is 6.27. The van der Waals surface area contributed by atoms with Crippen molar-refractivity contribution in [3.8, 4) is 34.5 Å². The van der Waals surface area contributed by atoms with Gasteiger partial charge in [-0.2, -0.15) is 0 Å². The summed E-state index contributed by atoms with van der Waals surface area (Å²) < 4.78 is 35.2. The van der Waals surface area contributed by atoms with Crippen molar-refractivity contribution in [1.82, 2.24) is 0 Å². The Morgan fingerprint density at radius 1 is 0.211 bits per heavy atom. The van der Waals surface area contributed by atoms with E-state index in [-0.39, 0.29) is 65.7 Å². The number of non-ortho nitro benzene ring substituents is 6. The van der Waals surface area contributed by atoms with Crippen LogP contribution in [0.25, 0.3) is 32.3 Å².